The molecule has 21 heavy (non-hydrogen) atoms. The summed E-state index contributed by atoms with van der Waals surface area (Å²) in [6, 6.07) is 12.4. The normalized spacial score (nSPS) is 12.2. The van der Waals surface area contributed by atoms with Crippen molar-refractivity contribution in [1.29, 1.82) is 0 Å². The summed E-state index contributed by atoms with van der Waals surface area (Å²) in [4.78, 5) is 0. The summed E-state index contributed by atoms with van der Waals surface area (Å²) in [7, 11) is 1.66. The zero-order valence-electron chi connectivity index (χ0n) is 12.0. The van der Waals surface area contributed by atoms with Gasteiger partial charge in [-0.25, -0.2) is 0 Å². The number of hydrazine groups is 1. The first-order chi connectivity index (χ1) is 10.0. The molecule has 0 aliphatic heterocycles. The van der Waals surface area contributed by atoms with Crippen molar-refractivity contribution < 1.29 is 4.74 Å². The number of hydrogen-bond acceptors (Lipinski definition) is 3. The Hall–Kier alpha value is -0.880. The minimum atomic E-state index is 0.0419. The molecule has 0 aliphatic rings. The molecule has 112 valence electrons. The molecular weight excluding hydrogens is 396 g/mol. The van der Waals surface area contributed by atoms with Crippen LogP contribution in [0.2, 0.25) is 0 Å². The van der Waals surface area contributed by atoms with Gasteiger partial charge in [0.1, 0.15) is 5.75 Å². The number of methoxy groups -OCH3 is 1. The SMILES string of the molecule is COc1ccc(CC(NN)c2ccc(C)cc2Br)cc1Br. The van der Waals surface area contributed by atoms with Crippen molar-refractivity contribution in [2.24, 2.45) is 5.84 Å². The quantitative estimate of drug-likeness (QED) is 0.568. The summed E-state index contributed by atoms with van der Waals surface area (Å²) in [6.07, 6.45) is 0.792. The first-order valence-electron chi connectivity index (χ1n) is 6.59. The Kier molecular flexibility index (Phi) is 5.81. The van der Waals surface area contributed by atoms with E-state index in [-0.39, 0.29) is 6.04 Å². The average Bonchev–Trinajstić information content (AvgIpc) is 2.45. The topological polar surface area (TPSA) is 47.3 Å². The molecule has 0 aromatic heterocycles. The molecule has 3 nitrogen and oxygen atoms in total. The Bertz CT molecular complexity index is 632. The predicted molar refractivity (Wildman–Crippen MR) is 93.3 cm³/mol. The molecule has 2 rings (SSSR count). The minimum Gasteiger partial charge on any atom is -0.496 e. The molecule has 0 fully saturated rings. The molecule has 0 heterocycles. The maximum Gasteiger partial charge on any atom is 0.133 e. The van der Waals surface area contributed by atoms with E-state index >= 15 is 0 Å². The van der Waals surface area contributed by atoms with E-state index in [4.69, 9.17) is 10.6 Å². The van der Waals surface area contributed by atoms with Crippen LogP contribution < -0.4 is 16.0 Å². The van der Waals surface area contributed by atoms with Crippen LogP contribution in [-0.4, -0.2) is 7.11 Å². The summed E-state index contributed by atoms with van der Waals surface area (Å²) < 4.78 is 7.27. The van der Waals surface area contributed by atoms with Crippen LogP contribution in [0.4, 0.5) is 0 Å². The van der Waals surface area contributed by atoms with Crippen LogP contribution in [0.5, 0.6) is 5.75 Å². The summed E-state index contributed by atoms with van der Waals surface area (Å²) in [5.74, 6) is 6.57. The van der Waals surface area contributed by atoms with Crippen LogP contribution in [-0.2, 0) is 6.42 Å². The molecule has 1 unspecified atom stereocenters. The van der Waals surface area contributed by atoms with Gasteiger partial charge in [-0.2, -0.15) is 0 Å². The van der Waals surface area contributed by atoms with Gasteiger partial charge >= 0.3 is 0 Å². The lowest BCUT2D eigenvalue weighted by Gasteiger charge is -2.19. The third kappa shape index (κ3) is 4.07. The van der Waals surface area contributed by atoms with Crippen molar-refractivity contribution in [3.63, 3.8) is 0 Å². The molecular formula is C16H18Br2N2O. The standard InChI is InChI=1S/C16H18Br2N2O/c1-10-3-5-12(13(17)7-10)15(20-19)9-11-4-6-16(21-2)14(18)8-11/h3-8,15,20H,9,19H2,1-2H3. The lowest BCUT2D eigenvalue weighted by Crippen LogP contribution is -2.29. The fourth-order valence-electron chi connectivity index (χ4n) is 2.25. The Balaban J connectivity index is 2.24. The highest BCUT2D eigenvalue weighted by Crippen LogP contribution is 2.30. The number of aryl methyl sites for hydroxylation is 1. The van der Waals surface area contributed by atoms with E-state index < -0.39 is 0 Å². The first kappa shape index (κ1) is 16.5. The number of nitrogens with two attached hydrogens (primary N) is 1. The van der Waals surface area contributed by atoms with Gasteiger partial charge in [0.15, 0.2) is 0 Å². The van der Waals surface area contributed by atoms with Gasteiger partial charge in [0.05, 0.1) is 17.6 Å². The van der Waals surface area contributed by atoms with Gasteiger partial charge in [-0.1, -0.05) is 34.1 Å². The highest BCUT2D eigenvalue weighted by Gasteiger charge is 2.14. The molecule has 2 aromatic carbocycles. The van der Waals surface area contributed by atoms with Gasteiger partial charge in [0, 0.05) is 4.47 Å². The predicted octanol–water partition coefficient (Wildman–Crippen LogP) is 4.28. The molecule has 0 amide bonds. The van der Waals surface area contributed by atoms with Gasteiger partial charge in [0.2, 0.25) is 0 Å². The fraction of sp³-hybridized carbons (Fsp3) is 0.250. The molecule has 0 bridgehead atoms. The molecule has 0 saturated carbocycles. The third-order valence-corrected chi connectivity index (χ3v) is 4.70. The molecule has 0 radical (unpaired) electrons. The Morgan fingerprint density at radius 2 is 1.90 bits per heavy atom. The smallest absolute Gasteiger partial charge is 0.133 e. The van der Waals surface area contributed by atoms with Crippen LogP contribution in [0.25, 0.3) is 0 Å². The summed E-state index contributed by atoms with van der Waals surface area (Å²) in [5, 5.41) is 0. The second kappa shape index (κ2) is 7.40. The van der Waals surface area contributed by atoms with E-state index in [1.807, 2.05) is 6.07 Å². The van der Waals surface area contributed by atoms with E-state index in [9.17, 15) is 0 Å². The number of ether oxygens (including phenoxy) is 1. The zero-order chi connectivity index (χ0) is 15.4. The van der Waals surface area contributed by atoms with Crippen LogP contribution >= 0.6 is 31.9 Å². The second-order valence-corrected chi connectivity index (χ2v) is 6.63. The van der Waals surface area contributed by atoms with E-state index in [1.54, 1.807) is 7.11 Å². The van der Waals surface area contributed by atoms with E-state index in [2.05, 4.69) is 74.5 Å². The Morgan fingerprint density at radius 3 is 2.48 bits per heavy atom. The van der Waals surface area contributed by atoms with E-state index in [0.717, 1.165) is 26.7 Å². The van der Waals surface area contributed by atoms with Crippen molar-refractivity contribution in [3.05, 3.63) is 62.0 Å². The minimum absolute atomic E-state index is 0.0419. The molecule has 0 aliphatic carbocycles. The van der Waals surface area contributed by atoms with Crippen molar-refractivity contribution in [2.45, 2.75) is 19.4 Å². The Morgan fingerprint density at radius 1 is 1.14 bits per heavy atom. The van der Waals surface area contributed by atoms with Crippen LogP contribution in [0.15, 0.2) is 45.3 Å². The fourth-order valence-corrected chi connectivity index (χ4v) is 3.60. The largest absolute Gasteiger partial charge is 0.496 e. The third-order valence-electron chi connectivity index (χ3n) is 3.39. The van der Waals surface area contributed by atoms with Crippen LogP contribution in [0.1, 0.15) is 22.7 Å². The molecule has 5 heteroatoms. The molecule has 0 saturated heterocycles. The average molecular weight is 414 g/mol. The number of halogens is 2. The second-order valence-electron chi connectivity index (χ2n) is 4.92. The lowest BCUT2D eigenvalue weighted by atomic mass is 9.98. The van der Waals surface area contributed by atoms with Gasteiger partial charge in [-0.05, 0) is 64.2 Å². The van der Waals surface area contributed by atoms with Gasteiger partial charge in [0.25, 0.3) is 0 Å². The van der Waals surface area contributed by atoms with Gasteiger partial charge in [-0.15, -0.1) is 0 Å². The van der Waals surface area contributed by atoms with Gasteiger partial charge in [-0.3, -0.25) is 11.3 Å². The number of rotatable bonds is 5. The molecule has 1 atom stereocenters. The monoisotopic (exact) mass is 412 g/mol. The van der Waals surface area contributed by atoms with Crippen LogP contribution in [0, 0.1) is 6.92 Å². The van der Waals surface area contributed by atoms with Crippen molar-refractivity contribution in [2.75, 3.05) is 7.11 Å². The lowest BCUT2D eigenvalue weighted by molar-refractivity contribution is 0.412. The first-order valence-corrected chi connectivity index (χ1v) is 8.18. The van der Waals surface area contributed by atoms with E-state index in [0.29, 0.717) is 0 Å². The van der Waals surface area contributed by atoms with Crippen molar-refractivity contribution in [3.8, 4) is 5.75 Å². The van der Waals surface area contributed by atoms with Crippen molar-refractivity contribution >= 4 is 31.9 Å². The molecule has 2 aromatic rings. The van der Waals surface area contributed by atoms with Gasteiger partial charge < -0.3 is 4.74 Å². The highest BCUT2D eigenvalue weighted by molar-refractivity contribution is 9.10. The number of nitrogens with one attached hydrogen (secondary N) is 1. The maximum absolute atomic E-state index is 5.75. The number of benzene rings is 2. The zero-order valence-corrected chi connectivity index (χ0v) is 15.2. The summed E-state index contributed by atoms with van der Waals surface area (Å²) in [6.45, 7) is 2.07. The maximum atomic E-state index is 5.75. The van der Waals surface area contributed by atoms with Crippen molar-refractivity contribution in [1.82, 2.24) is 5.43 Å². The Labute approximate surface area is 142 Å². The van der Waals surface area contributed by atoms with Crippen LogP contribution in [0.3, 0.4) is 0 Å². The highest BCUT2D eigenvalue weighted by atomic mass is 79.9. The molecule has 0 spiro atoms. The number of hydrogen-bond donors (Lipinski definition) is 2. The molecule has 3 N–H and O–H groups in total. The van der Waals surface area contributed by atoms with E-state index in [1.165, 1.54) is 11.1 Å². The summed E-state index contributed by atoms with van der Waals surface area (Å²) in [5.41, 5.74) is 6.44. The summed E-state index contributed by atoms with van der Waals surface area (Å²) >= 11 is 7.13.